The second-order valence-corrected chi connectivity index (χ2v) is 9.38. The van der Waals surface area contributed by atoms with Crippen LogP contribution in [0.5, 0.6) is 0 Å². The summed E-state index contributed by atoms with van der Waals surface area (Å²) in [7, 11) is 0. The Morgan fingerprint density at radius 1 is 1.27 bits per heavy atom. The molecule has 1 saturated heterocycles. The number of aliphatic carboxylic acids is 1. The van der Waals surface area contributed by atoms with Gasteiger partial charge in [0, 0.05) is 16.8 Å². The van der Waals surface area contributed by atoms with Gasteiger partial charge < -0.3 is 19.3 Å². The van der Waals surface area contributed by atoms with Gasteiger partial charge in [-0.3, -0.25) is 13.8 Å². The number of carbonyl (C=O) groups is 2. The van der Waals surface area contributed by atoms with E-state index in [2.05, 4.69) is 0 Å². The molecule has 0 aliphatic carbocycles. The minimum Gasteiger partial charge on any atom is -0.772 e. The summed E-state index contributed by atoms with van der Waals surface area (Å²) in [5.74, 6) is -3.04. The molecular weight excluding hydrogens is 496 g/mol. The number of ether oxygens (including phenoxy) is 1. The molecule has 1 fully saturated rings. The number of halogens is 3. The van der Waals surface area contributed by atoms with Crippen molar-refractivity contribution in [3.63, 3.8) is 0 Å². The van der Waals surface area contributed by atoms with Gasteiger partial charge in [0.25, 0.3) is 5.91 Å². The number of morpholine rings is 1. The zero-order valence-corrected chi connectivity index (χ0v) is 19.8. The standard InChI is InChI=1S/C22H22Cl2FNO6S/c1-2-15(11-33(30)31)26-20(12-6-7-16(24)17(25)9-12)21(13-4-3-5-14(23)8-13)32-18(22(26)29)10-19(27)28/h3-9,15,18,20-21H,2,10-11H2,1H3,(H,27,28)(H,30,31)/p-1. The molecule has 1 heterocycles. The van der Waals surface area contributed by atoms with Crippen LogP contribution < -0.4 is 0 Å². The van der Waals surface area contributed by atoms with Crippen LogP contribution in [0.1, 0.15) is 43.0 Å². The fourth-order valence-corrected chi connectivity index (χ4v) is 5.01. The van der Waals surface area contributed by atoms with Crippen LogP contribution in [-0.4, -0.2) is 48.5 Å². The van der Waals surface area contributed by atoms with Gasteiger partial charge in [-0.15, -0.1) is 0 Å². The Bertz CT molecular complexity index is 1070. The number of nitrogens with zero attached hydrogens (tertiary/aromatic N) is 1. The summed E-state index contributed by atoms with van der Waals surface area (Å²) in [5, 5.41) is 9.58. The third kappa shape index (κ3) is 5.91. The molecule has 11 heteroatoms. The molecular formula is C22H21Cl2FNO6S-. The Labute approximate surface area is 202 Å². The number of hydrogen-bond donors (Lipinski definition) is 1. The first-order chi connectivity index (χ1) is 15.6. The molecule has 3 rings (SSSR count). The Kier molecular flexibility index (Phi) is 8.47. The molecule has 1 aliphatic heterocycles. The maximum absolute atomic E-state index is 14.4. The van der Waals surface area contributed by atoms with Crippen molar-refractivity contribution in [3.8, 4) is 0 Å². The van der Waals surface area contributed by atoms with Crippen molar-refractivity contribution < 1.29 is 32.6 Å². The number of carbonyl (C=O) groups excluding carboxylic acids is 1. The molecule has 5 unspecified atom stereocenters. The van der Waals surface area contributed by atoms with E-state index in [1.165, 1.54) is 17.0 Å². The summed E-state index contributed by atoms with van der Waals surface area (Å²) in [4.78, 5) is 26.2. The van der Waals surface area contributed by atoms with E-state index in [-0.39, 0.29) is 17.2 Å². The third-order valence-corrected chi connectivity index (χ3v) is 6.64. The van der Waals surface area contributed by atoms with Crippen LogP contribution in [0.25, 0.3) is 0 Å². The molecule has 0 radical (unpaired) electrons. The van der Waals surface area contributed by atoms with E-state index in [0.29, 0.717) is 16.1 Å². The second-order valence-electron chi connectivity index (χ2n) is 7.59. The fourth-order valence-electron chi connectivity index (χ4n) is 3.99. The Balaban J connectivity index is 2.22. The van der Waals surface area contributed by atoms with Gasteiger partial charge in [0.05, 0.1) is 17.5 Å². The topological polar surface area (TPSA) is 107 Å². The number of amides is 1. The van der Waals surface area contributed by atoms with Crippen molar-refractivity contribution in [3.05, 3.63) is 69.5 Å². The van der Waals surface area contributed by atoms with Crippen LogP contribution in [0.4, 0.5) is 4.39 Å². The van der Waals surface area contributed by atoms with Gasteiger partial charge in [0.15, 0.2) is 0 Å². The van der Waals surface area contributed by atoms with Crippen LogP contribution in [0.2, 0.25) is 10.0 Å². The lowest BCUT2D eigenvalue weighted by molar-refractivity contribution is -0.182. The molecule has 2 aromatic rings. The van der Waals surface area contributed by atoms with E-state index in [1.54, 1.807) is 31.2 Å². The van der Waals surface area contributed by atoms with Gasteiger partial charge in [-0.2, -0.15) is 0 Å². The van der Waals surface area contributed by atoms with E-state index in [4.69, 9.17) is 27.9 Å². The first-order valence-electron chi connectivity index (χ1n) is 10.1. The van der Waals surface area contributed by atoms with Crippen LogP contribution in [0, 0.1) is 5.82 Å². The molecule has 7 nitrogen and oxygen atoms in total. The highest BCUT2D eigenvalue weighted by Crippen LogP contribution is 2.45. The molecule has 2 aromatic carbocycles. The van der Waals surface area contributed by atoms with Gasteiger partial charge in [-0.25, -0.2) is 4.39 Å². The SMILES string of the molecule is CCC(CS(=O)[O-])N1C(=O)C(CC(=O)O)OC(c2cccc(Cl)c2)C1c1ccc(Cl)c(F)c1. The van der Waals surface area contributed by atoms with Gasteiger partial charge in [-0.05, 0) is 41.8 Å². The maximum atomic E-state index is 14.4. The Morgan fingerprint density at radius 3 is 2.58 bits per heavy atom. The Hall–Kier alpha value is -2.04. The summed E-state index contributed by atoms with van der Waals surface area (Å²) < 4.78 is 43.5. The largest absolute Gasteiger partial charge is 0.772 e. The summed E-state index contributed by atoms with van der Waals surface area (Å²) in [5.41, 5.74) is 0.841. The summed E-state index contributed by atoms with van der Waals surface area (Å²) in [6.45, 7) is 1.71. The lowest BCUT2D eigenvalue weighted by atomic mass is 9.89. The molecule has 0 saturated carbocycles. The van der Waals surface area contributed by atoms with E-state index in [1.807, 2.05) is 0 Å². The molecule has 33 heavy (non-hydrogen) atoms. The van der Waals surface area contributed by atoms with E-state index in [0.717, 1.165) is 6.07 Å². The van der Waals surface area contributed by atoms with Crippen molar-refractivity contribution in [1.82, 2.24) is 4.90 Å². The summed E-state index contributed by atoms with van der Waals surface area (Å²) in [6.07, 6.45) is -2.67. The van der Waals surface area contributed by atoms with Crippen molar-refractivity contribution in [2.45, 2.75) is 44.1 Å². The van der Waals surface area contributed by atoms with Crippen LogP contribution in [0.15, 0.2) is 42.5 Å². The summed E-state index contributed by atoms with van der Waals surface area (Å²) >= 11 is 9.52. The lowest BCUT2D eigenvalue weighted by Gasteiger charge is -2.48. The van der Waals surface area contributed by atoms with Crippen molar-refractivity contribution in [2.24, 2.45) is 0 Å². The molecule has 0 aromatic heterocycles. The van der Waals surface area contributed by atoms with E-state index in [9.17, 15) is 27.8 Å². The van der Waals surface area contributed by atoms with Crippen LogP contribution in [0.3, 0.4) is 0 Å². The predicted octanol–water partition coefficient (Wildman–Crippen LogP) is 4.27. The van der Waals surface area contributed by atoms with Crippen molar-refractivity contribution >= 4 is 46.2 Å². The third-order valence-electron chi connectivity index (χ3n) is 5.44. The number of benzene rings is 2. The number of rotatable bonds is 8. The smallest absolute Gasteiger partial charge is 0.306 e. The zero-order chi connectivity index (χ0) is 24.3. The zero-order valence-electron chi connectivity index (χ0n) is 17.4. The number of hydrogen-bond acceptors (Lipinski definition) is 5. The molecule has 178 valence electrons. The van der Waals surface area contributed by atoms with Gasteiger partial charge in [0.2, 0.25) is 0 Å². The first kappa shape index (κ1) is 25.6. The molecule has 1 N–H and O–H groups in total. The van der Waals surface area contributed by atoms with Crippen molar-refractivity contribution in [1.29, 1.82) is 0 Å². The molecule has 5 atom stereocenters. The van der Waals surface area contributed by atoms with Crippen LogP contribution in [-0.2, 0) is 25.4 Å². The molecule has 0 spiro atoms. The van der Waals surface area contributed by atoms with Gasteiger partial charge >= 0.3 is 5.97 Å². The van der Waals surface area contributed by atoms with E-state index >= 15 is 0 Å². The average Bonchev–Trinajstić information content (AvgIpc) is 2.75. The van der Waals surface area contributed by atoms with Crippen molar-refractivity contribution in [2.75, 3.05) is 5.75 Å². The van der Waals surface area contributed by atoms with Gasteiger partial charge in [-0.1, -0.05) is 59.4 Å². The number of carboxylic acid groups (broad SMARTS) is 1. The van der Waals surface area contributed by atoms with Crippen LogP contribution >= 0.6 is 23.2 Å². The molecule has 1 amide bonds. The first-order valence-corrected chi connectivity index (χ1v) is 12.1. The highest BCUT2D eigenvalue weighted by molar-refractivity contribution is 7.79. The summed E-state index contributed by atoms with van der Waals surface area (Å²) in [6, 6.07) is 8.85. The highest BCUT2D eigenvalue weighted by atomic mass is 35.5. The Morgan fingerprint density at radius 2 is 2.00 bits per heavy atom. The fraction of sp³-hybridized carbons (Fsp3) is 0.364. The monoisotopic (exact) mass is 516 g/mol. The lowest BCUT2D eigenvalue weighted by Crippen LogP contribution is -2.56. The minimum absolute atomic E-state index is 0.121. The van der Waals surface area contributed by atoms with E-state index < -0.39 is 59.5 Å². The molecule has 0 bridgehead atoms. The average molecular weight is 517 g/mol. The highest BCUT2D eigenvalue weighted by Gasteiger charge is 2.47. The van der Waals surface area contributed by atoms with Gasteiger partial charge in [0.1, 0.15) is 18.0 Å². The minimum atomic E-state index is -2.49. The number of carboxylic acids is 1. The second kappa shape index (κ2) is 10.9. The maximum Gasteiger partial charge on any atom is 0.306 e. The normalized spacial score (nSPS) is 22.8. The predicted molar refractivity (Wildman–Crippen MR) is 120 cm³/mol. The quantitative estimate of drug-likeness (QED) is 0.524. The molecule has 1 aliphatic rings.